The van der Waals surface area contributed by atoms with Gasteiger partial charge in [0.2, 0.25) is 0 Å². The lowest BCUT2D eigenvalue weighted by Crippen LogP contribution is -2.27. The normalized spacial score (nSPS) is 12.5. The summed E-state index contributed by atoms with van der Waals surface area (Å²) in [5, 5.41) is 0. The van der Waals surface area contributed by atoms with E-state index in [1.165, 1.54) is 0 Å². The third-order valence-electron chi connectivity index (χ3n) is 3.00. The Balaban J connectivity index is 2.19. The van der Waals surface area contributed by atoms with Gasteiger partial charge in [-0.1, -0.05) is 12.1 Å². The molecule has 1 aromatic heterocycles. The summed E-state index contributed by atoms with van der Waals surface area (Å²) >= 11 is 0. The highest BCUT2D eigenvalue weighted by Gasteiger charge is 2.09. The van der Waals surface area contributed by atoms with Crippen molar-refractivity contribution in [2.75, 3.05) is 0 Å². The third kappa shape index (κ3) is 2.91. The molecule has 0 aliphatic heterocycles. The van der Waals surface area contributed by atoms with Crippen molar-refractivity contribution in [2.24, 2.45) is 5.84 Å². The predicted molar refractivity (Wildman–Crippen MR) is 73.7 cm³/mol. The summed E-state index contributed by atoms with van der Waals surface area (Å²) in [6.45, 7) is 3.73. The first kappa shape index (κ1) is 12.7. The summed E-state index contributed by atoms with van der Waals surface area (Å²) in [4.78, 5) is 8.56. The molecule has 0 bridgehead atoms. The predicted octanol–water partition coefficient (Wildman–Crippen LogP) is 2.49. The average Bonchev–Trinajstić information content (AvgIpc) is 2.43. The first-order chi connectivity index (χ1) is 8.85. The van der Waals surface area contributed by atoms with Crippen molar-refractivity contribution in [3.8, 4) is 0 Å². The second-order valence-corrected chi connectivity index (χ2v) is 4.24. The van der Waals surface area contributed by atoms with Gasteiger partial charge in [0.1, 0.15) is 0 Å². The van der Waals surface area contributed by atoms with Gasteiger partial charge in [-0.15, -0.1) is 6.58 Å². The molecule has 18 heavy (non-hydrogen) atoms. The maximum Gasteiger partial charge on any atom is 0.0890 e. The van der Waals surface area contributed by atoms with Gasteiger partial charge in [-0.3, -0.25) is 21.2 Å². The van der Waals surface area contributed by atoms with Crippen LogP contribution in [-0.4, -0.2) is 9.97 Å². The van der Waals surface area contributed by atoms with Gasteiger partial charge in [-0.2, -0.15) is 0 Å². The Morgan fingerprint density at radius 3 is 2.78 bits per heavy atom. The molecule has 0 saturated heterocycles. The van der Waals surface area contributed by atoms with E-state index in [0.29, 0.717) is 0 Å². The Morgan fingerprint density at radius 2 is 2.06 bits per heavy atom. The monoisotopic (exact) mass is 242 g/mol. The molecular weight excluding hydrogens is 224 g/mol. The van der Waals surface area contributed by atoms with Crippen molar-refractivity contribution < 1.29 is 0 Å². The topological polar surface area (TPSA) is 63.8 Å². The van der Waals surface area contributed by atoms with Crippen LogP contribution < -0.4 is 11.3 Å². The maximum atomic E-state index is 5.62. The lowest BCUT2D eigenvalue weighted by atomic mass is 10.0. The summed E-state index contributed by atoms with van der Waals surface area (Å²) in [6, 6.07) is 6.22. The molecule has 0 spiro atoms. The molecule has 0 saturated carbocycles. The summed E-state index contributed by atoms with van der Waals surface area (Å²) in [6.07, 6.45) is 8.38. The second kappa shape index (κ2) is 6.23. The van der Waals surface area contributed by atoms with Crippen LogP contribution >= 0.6 is 0 Å². The third-order valence-corrected chi connectivity index (χ3v) is 3.00. The zero-order chi connectivity index (χ0) is 12.8. The molecular formula is C14H18N4. The van der Waals surface area contributed by atoms with Crippen LogP contribution in [0.4, 0.5) is 0 Å². The number of hydrazine groups is 1. The molecule has 1 atom stereocenters. The smallest absolute Gasteiger partial charge is 0.0890 e. The van der Waals surface area contributed by atoms with Crippen molar-refractivity contribution >= 4 is 11.0 Å². The van der Waals surface area contributed by atoms with E-state index in [2.05, 4.69) is 28.0 Å². The van der Waals surface area contributed by atoms with Gasteiger partial charge >= 0.3 is 0 Å². The van der Waals surface area contributed by atoms with Crippen LogP contribution in [0.1, 0.15) is 30.9 Å². The number of nitrogens with two attached hydrogens (primary N) is 1. The molecule has 2 rings (SSSR count). The first-order valence-corrected chi connectivity index (χ1v) is 6.13. The van der Waals surface area contributed by atoms with E-state index in [1.807, 2.05) is 18.2 Å². The quantitative estimate of drug-likeness (QED) is 0.353. The number of benzene rings is 1. The SMILES string of the molecule is C=CCCCC(NN)c1ccc2nccnc2c1. The number of rotatable bonds is 6. The summed E-state index contributed by atoms with van der Waals surface area (Å²) in [7, 11) is 0. The maximum absolute atomic E-state index is 5.62. The molecule has 3 N–H and O–H groups in total. The fourth-order valence-electron chi connectivity index (χ4n) is 2.01. The minimum absolute atomic E-state index is 0.149. The second-order valence-electron chi connectivity index (χ2n) is 4.24. The Bertz CT molecular complexity index is 524. The molecule has 1 unspecified atom stereocenters. The van der Waals surface area contributed by atoms with E-state index in [4.69, 9.17) is 5.84 Å². The molecule has 0 fully saturated rings. The fraction of sp³-hybridized carbons (Fsp3) is 0.286. The van der Waals surface area contributed by atoms with Crippen molar-refractivity contribution in [1.82, 2.24) is 15.4 Å². The van der Waals surface area contributed by atoms with Gasteiger partial charge in [0.05, 0.1) is 11.0 Å². The largest absolute Gasteiger partial charge is 0.271 e. The van der Waals surface area contributed by atoms with Crippen LogP contribution in [0.5, 0.6) is 0 Å². The van der Waals surface area contributed by atoms with Crippen molar-refractivity contribution in [2.45, 2.75) is 25.3 Å². The molecule has 0 aliphatic rings. The summed E-state index contributed by atoms with van der Waals surface area (Å²) < 4.78 is 0. The van der Waals surface area contributed by atoms with E-state index >= 15 is 0 Å². The van der Waals surface area contributed by atoms with Crippen LogP contribution in [0.25, 0.3) is 11.0 Å². The van der Waals surface area contributed by atoms with E-state index in [1.54, 1.807) is 12.4 Å². The van der Waals surface area contributed by atoms with Gasteiger partial charge in [0, 0.05) is 18.4 Å². The Kier molecular flexibility index (Phi) is 4.39. The van der Waals surface area contributed by atoms with Crippen molar-refractivity contribution in [1.29, 1.82) is 0 Å². The van der Waals surface area contributed by atoms with E-state index in [0.717, 1.165) is 35.9 Å². The van der Waals surface area contributed by atoms with E-state index in [9.17, 15) is 0 Å². The highest BCUT2D eigenvalue weighted by Crippen LogP contribution is 2.21. The average molecular weight is 242 g/mol. The van der Waals surface area contributed by atoms with E-state index < -0.39 is 0 Å². The lowest BCUT2D eigenvalue weighted by molar-refractivity contribution is 0.501. The molecule has 4 heteroatoms. The molecule has 2 aromatic rings. The number of nitrogens with one attached hydrogen (secondary N) is 1. The molecule has 0 aliphatic carbocycles. The number of nitrogens with zero attached hydrogens (tertiary/aromatic N) is 2. The van der Waals surface area contributed by atoms with E-state index in [-0.39, 0.29) is 6.04 Å². The van der Waals surface area contributed by atoms with Crippen molar-refractivity contribution in [3.05, 3.63) is 48.8 Å². The number of fused-ring (bicyclic) bond motifs is 1. The number of hydrogen-bond acceptors (Lipinski definition) is 4. The number of allylic oxidation sites excluding steroid dienone is 1. The number of aromatic nitrogens is 2. The first-order valence-electron chi connectivity index (χ1n) is 6.13. The van der Waals surface area contributed by atoms with Gasteiger partial charge in [0.15, 0.2) is 0 Å². The van der Waals surface area contributed by atoms with Gasteiger partial charge in [-0.05, 0) is 37.0 Å². The van der Waals surface area contributed by atoms with Crippen LogP contribution in [0.2, 0.25) is 0 Å². The van der Waals surface area contributed by atoms with Crippen LogP contribution in [0.3, 0.4) is 0 Å². The molecule has 1 heterocycles. The summed E-state index contributed by atoms with van der Waals surface area (Å²) in [5.41, 5.74) is 5.81. The Morgan fingerprint density at radius 1 is 1.28 bits per heavy atom. The van der Waals surface area contributed by atoms with Crippen LogP contribution in [0, 0.1) is 0 Å². The Labute approximate surface area is 107 Å². The van der Waals surface area contributed by atoms with Gasteiger partial charge in [0.25, 0.3) is 0 Å². The standard InChI is InChI=1S/C14H18N4/c1-2-3-4-5-12(18-15)11-6-7-13-14(10-11)17-9-8-16-13/h2,6-10,12,18H,1,3-5,15H2. The fourth-order valence-corrected chi connectivity index (χ4v) is 2.01. The summed E-state index contributed by atoms with van der Waals surface area (Å²) in [5.74, 6) is 5.62. The molecule has 0 radical (unpaired) electrons. The zero-order valence-electron chi connectivity index (χ0n) is 10.3. The zero-order valence-corrected chi connectivity index (χ0v) is 10.3. The van der Waals surface area contributed by atoms with Crippen LogP contribution in [-0.2, 0) is 0 Å². The van der Waals surface area contributed by atoms with Crippen molar-refractivity contribution in [3.63, 3.8) is 0 Å². The number of hydrogen-bond donors (Lipinski definition) is 2. The minimum Gasteiger partial charge on any atom is -0.271 e. The molecule has 4 nitrogen and oxygen atoms in total. The highest BCUT2D eigenvalue weighted by molar-refractivity contribution is 5.74. The van der Waals surface area contributed by atoms with Gasteiger partial charge in [-0.25, -0.2) is 0 Å². The highest BCUT2D eigenvalue weighted by atomic mass is 15.2. The molecule has 1 aromatic carbocycles. The molecule has 94 valence electrons. The van der Waals surface area contributed by atoms with Crippen LogP contribution in [0.15, 0.2) is 43.2 Å². The molecule has 0 amide bonds. The van der Waals surface area contributed by atoms with Gasteiger partial charge < -0.3 is 0 Å². The number of unbranched alkanes of at least 4 members (excludes halogenated alkanes) is 1. The lowest BCUT2D eigenvalue weighted by Gasteiger charge is -2.16. The minimum atomic E-state index is 0.149. The Hall–Kier alpha value is -1.78.